The zero-order valence-corrected chi connectivity index (χ0v) is 14.4. The molecule has 1 atom stereocenters. The topological polar surface area (TPSA) is 144 Å². The number of carbonyl (C=O) groups is 2. The quantitative estimate of drug-likeness (QED) is 0.522. The van der Waals surface area contributed by atoms with Gasteiger partial charge in [0.1, 0.15) is 5.82 Å². The van der Waals surface area contributed by atoms with Crippen LogP contribution in [0.15, 0.2) is 42.6 Å². The number of ether oxygens (including phenoxy) is 2. The molecule has 0 aliphatic carbocycles. The molecule has 5 N–H and O–H groups in total. The Bertz CT molecular complexity index is 943. The average Bonchev–Trinajstić information content (AvgIpc) is 3.03. The van der Waals surface area contributed by atoms with Crippen molar-refractivity contribution in [2.24, 2.45) is 5.73 Å². The van der Waals surface area contributed by atoms with Crippen LogP contribution in [0.5, 0.6) is 5.88 Å². The second-order valence-corrected chi connectivity index (χ2v) is 5.58. The molecule has 0 aliphatic heterocycles. The zero-order valence-electron chi connectivity index (χ0n) is 14.4. The number of nitrogens with zero attached hydrogens (tertiary/aromatic N) is 2. The number of rotatable bonds is 6. The Morgan fingerprint density at radius 2 is 2.07 bits per heavy atom. The van der Waals surface area contributed by atoms with E-state index in [2.05, 4.69) is 25.8 Å². The third-order valence-electron chi connectivity index (χ3n) is 3.69. The number of pyridine rings is 1. The number of fused-ring (bicyclic) bond motifs is 1. The van der Waals surface area contributed by atoms with Crippen molar-refractivity contribution < 1.29 is 19.1 Å². The average molecular weight is 370 g/mol. The van der Waals surface area contributed by atoms with Gasteiger partial charge in [0.15, 0.2) is 0 Å². The van der Waals surface area contributed by atoms with E-state index in [0.29, 0.717) is 23.3 Å². The molecule has 3 rings (SSSR count). The van der Waals surface area contributed by atoms with Crippen LogP contribution in [0.25, 0.3) is 10.9 Å². The summed E-state index contributed by atoms with van der Waals surface area (Å²) in [7, 11) is 1.56. The maximum Gasteiger partial charge on any atom is 0.411 e. The van der Waals surface area contributed by atoms with E-state index in [1.165, 1.54) is 6.20 Å². The number of anilines is 1. The molecule has 27 heavy (non-hydrogen) atoms. The maximum absolute atomic E-state index is 12.3. The number of nitrogens with two attached hydrogens (primary N) is 1. The fourth-order valence-electron chi connectivity index (χ4n) is 2.51. The van der Waals surface area contributed by atoms with Crippen LogP contribution in [0.1, 0.15) is 11.6 Å². The number of hydrogen-bond donors (Lipinski definition) is 4. The van der Waals surface area contributed by atoms with Gasteiger partial charge in [-0.25, -0.2) is 14.6 Å². The van der Waals surface area contributed by atoms with Crippen molar-refractivity contribution in [2.45, 2.75) is 6.04 Å². The fraction of sp³-hybridized carbons (Fsp3) is 0.176. The van der Waals surface area contributed by atoms with Crippen molar-refractivity contribution in [3.05, 3.63) is 48.2 Å². The molecule has 2 heterocycles. The van der Waals surface area contributed by atoms with Crippen LogP contribution in [-0.4, -0.2) is 41.0 Å². The Balaban J connectivity index is 1.70. The van der Waals surface area contributed by atoms with Crippen LogP contribution in [0.2, 0.25) is 0 Å². The first-order chi connectivity index (χ1) is 13.1. The largest absolute Gasteiger partial charge is 0.411 e. The number of aromatic nitrogens is 3. The van der Waals surface area contributed by atoms with Crippen molar-refractivity contribution >= 4 is 28.8 Å². The Kier molecular flexibility index (Phi) is 5.47. The second-order valence-electron chi connectivity index (χ2n) is 5.58. The molecule has 0 saturated carbocycles. The summed E-state index contributed by atoms with van der Waals surface area (Å²) in [5.74, 6) is 0.309. The number of benzene rings is 1. The van der Waals surface area contributed by atoms with Gasteiger partial charge in [0.25, 0.3) is 5.88 Å². The monoisotopic (exact) mass is 370 g/mol. The predicted molar refractivity (Wildman–Crippen MR) is 97.3 cm³/mol. The molecule has 0 saturated heterocycles. The number of carbonyl (C=O) groups excluding carboxylic acids is 2. The number of aromatic amines is 1. The number of hydrogen-bond acceptors (Lipinski definition) is 6. The molecule has 0 unspecified atom stereocenters. The van der Waals surface area contributed by atoms with E-state index in [9.17, 15) is 9.59 Å². The van der Waals surface area contributed by atoms with Gasteiger partial charge < -0.3 is 20.5 Å². The molecular formula is C17H18N6O4. The van der Waals surface area contributed by atoms with E-state index in [0.717, 1.165) is 5.56 Å². The first-order valence-electron chi connectivity index (χ1n) is 7.99. The normalized spacial score (nSPS) is 11.7. The smallest absolute Gasteiger partial charge is 0.389 e. The predicted octanol–water partition coefficient (Wildman–Crippen LogP) is 1.92. The Morgan fingerprint density at radius 1 is 1.30 bits per heavy atom. The lowest BCUT2D eigenvalue weighted by Crippen LogP contribution is -2.35. The molecule has 0 spiro atoms. The number of primary amides is 1. The molecule has 2 aromatic heterocycles. The molecule has 0 radical (unpaired) electrons. The lowest BCUT2D eigenvalue weighted by atomic mass is 10.1. The van der Waals surface area contributed by atoms with Gasteiger partial charge in [0.05, 0.1) is 23.6 Å². The van der Waals surface area contributed by atoms with E-state index < -0.39 is 12.1 Å². The summed E-state index contributed by atoms with van der Waals surface area (Å²) in [4.78, 5) is 27.3. The maximum atomic E-state index is 12.3. The highest BCUT2D eigenvalue weighted by atomic mass is 16.6. The van der Waals surface area contributed by atoms with E-state index >= 15 is 0 Å². The van der Waals surface area contributed by atoms with E-state index in [1.54, 1.807) is 13.2 Å². The molecule has 10 nitrogen and oxygen atoms in total. The number of nitrogens with one attached hydrogen (secondary N) is 3. The van der Waals surface area contributed by atoms with Crippen molar-refractivity contribution in [3.8, 4) is 5.88 Å². The van der Waals surface area contributed by atoms with Crippen LogP contribution >= 0.6 is 0 Å². The fourth-order valence-corrected chi connectivity index (χ4v) is 2.51. The second kappa shape index (κ2) is 8.15. The Labute approximate surface area is 154 Å². The summed E-state index contributed by atoms with van der Waals surface area (Å²) in [6, 6.07) is 10.3. The van der Waals surface area contributed by atoms with Crippen LogP contribution in [0.4, 0.5) is 15.4 Å². The molecular weight excluding hydrogens is 352 g/mol. The standard InChI is InChI=1S/C17H18N6O4/c1-26-9-13(10-5-3-2-4-6-10)20-17(25)21-14-7-12-11(8-19-14)15(23-22-12)27-16(18)24/h2-8,13H,9H2,1H3,(H2,18,24)(H,22,23)(H2,19,20,21,25)/t13-/m1/s1. The van der Waals surface area contributed by atoms with Crippen LogP contribution in [0.3, 0.4) is 0 Å². The Morgan fingerprint density at radius 3 is 2.78 bits per heavy atom. The van der Waals surface area contributed by atoms with Crippen molar-refractivity contribution in [1.82, 2.24) is 20.5 Å². The van der Waals surface area contributed by atoms with E-state index in [1.807, 2.05) is 30.3 Å². The van der Waals surface area contributed by atoms with Crippen molar-refractivity contribution in [1.29, 1.82) is 0 Å². The first-order valence-corrected chi connectivity index (χ1v) is 7.99. The van der Waals surface area contributed by atoms with Gasteiger partial charge >= 0.3 is 12.1 Å². The van der Waals surface area contributed by atoms with Crippen LogP contribution < -0.4 is 21.1 Å². The van der Waals surface area contributed by atoms with Crippen LogP contribution in [-0.2, 0) is 4.74 Å². The van der Waals surface area contributed by atoms with Gasteiger partial charge in [-0.2, -0.15) is 0 Å². The number of urea groups is 1. The lowest BCUT2D eigenvalue weighted by Gasteiger charge is -2.18. The first kappa shape index (κ1) is 18.1. The summed E-state index contributed by atoms with van der Waals surface area (Å²) in [6.45, 7) is 0.318. The molecule has 1 aromatic carbocycles. The van der Waals surface area contributed by atoms with Gasteiger partial charge in [-0.1, -0.05) is 30.3 Å². The van der Waals surface area contributed by atoms with Gasteiger partial charge in [0, 0.05) is 19.4 Å². The Hall–Kier alpha value is -3.66. The molecule has 0 fully saturated rings. The molecule has 0 bridgehead atoms. The summed E-state index contributed by atoms with van der Waals surface area (Å²) >= 11 is 0. The highest BCUT2D eigenvalue weighted by molar-refractivity contribution is 5.92. The number of amides is 3. The highest BCUT2D eigenvalue weighted by Gasteiger charge is 2.16. The number of H-pyrrole nitrogens is 1. The van der Waals surface area contributed by atoms with E-state index in [4.69, 9.17) is 15.2 Å². The SMILES string of the molecule is COC[C@@H](NC(=O)Nc1cc2[nH]nc(OC(N)=O)c2cn1)c1ccccc1. The third kappa shape index (κ3) is 4.50. The molecule has 10 heteroatoms. The third-order valence-corrected chi connectivity index (χ3v) is 3.69. The minimum Gasteiger partial charge on any atom is -0.389 e. The molecule has 140 valence electrons. The molecule has 0 aliphatic rings. The molecule has 3 aromatic rings. The van der Waals surface area contributed by atoms with Gasteiger partial charge in [-0.05, 0) is 5.56 Å². The lowest BCUT2D eigenvalue weighted by molar-refractivity contribution is 0.168. The van der Waals surface area contributed by atoms with Crippen molar-refractivity contribution in [3.63, 3.8) is 0 Å². The number of methoxy groups -OCH3 is 1. The minimum absolute atomic E-state index is 0.0187. The summed E-state index contributed by atoms with van der Waals surface area (Å²) < 4.78 is 9.94. The highest BCUT2D eigenvalue weighted by Crippen LogP contribution is 2.23. The van der Waals surface area contributed by atoms with Crippen LogP contribution in [0, 0.1) is 0 Å². The minimum atomic E-state index is -0.977. The van der Waals surface area contributed by atoms with Gasteiger partial charge in [-0.3, -0.25) is 10.4 Å². The van der Waals surface area contributed by atoms with Gasteiger partial charge in [-0.15, -0.1) is 5.10 Å². The summed E-state index contributed by atoms with van der Waals surface area (Å²) in [5.41, 5.74) is 6.42. The zero-order chi connectivity index (χ0) is 19.2. The molecule has 3 amide bonds. The van der Waals surface area contributed by atoms with E-state index in [-0.39, 0.29) is 11.9 Å². The summed E-state index contributed by atoms with van der Waals surface area (Å²) in [6.07, 6.45) is 0.436. The summed E-state index contributed by atoms with van der Waals surface area (Å²) in [5, 5.41) is 12.5. The van der Waals surface area contributed by atoms with Crippen molar-refractivity contribution in [2.75, 3.05) is 19.0 Å². The van der Waals surface area contributed by atoms with Gasteiger partial charge in [0.2, 0.25) is 0 Å².